The van der Waals surface area contributed by atoms with Gasteiger partial charge in [0.05, 0.1) is 24.5 Å². The fraction of sp³-hybridized carbons (Fsp3) is 0.0714. The Morgan fingerprint density at radius 2 is 2.06 bits per heavy atom. The van der Waals surface area contributed by atoms with Crippen LogP contribution >= 0.6 is 11.6 Å². The molecule has 2 aromatic heterocycles. The van der Waals surface area contributed by atoms with Crippen molar-refractivity contribution < 1.29 is 4.74 Å². The minimum absolute atomic E-state index is 0.494. The molecule has 0 fully saturated rings. The highest BCUT2D eigenvalue weighted by atomic mass is 35.5. The molecule has 0 aliphatic carbocycles. The van der Waals surface area contributed by atoms with Crippen LogP contribution in [0.2, 0.25) is 5.15 Å². The second-order valence-electron chi connectivity index (χ2n) is 3.98. The van der Waals surface area contributed by atoms with Crippen LogP contribution in [0.1, 0.15) is 0 Å². The summed E-state index contributed by atoms with van der Waals surface area (Å²) in [5.74, 6) is 0.836. The number of pyridine rings is 1. The lowest BCUT2D eigenvalue weighted by molar-refractivity contribution is 0.416. The average molecular weight is 259 g/mol. The van der Waals surface area contributed by atoms with E-state index in [-0.39, 0.29) is 0 Å². The van der Waals surface area contributed by atoms with Crippen molar-refractivity contribution in [2.75, 3.05) is 7.11 Å². The van der Waals surface area contributed by atoms with Crippen molar-refractivity contribution in [2.24, 2.45) is 0 Å². The number of para-hydroxylation sites is 1. The first kappa shape index (κ1) is 11.1. The van der Waals surface area contributed by atoms with Crippen LogP contribution in [0.4, 0.5) is 0 Å². The second kappa shape index (κ2) is 4.35. The third kappa shape index (κ3) is 1.83. The van der Waals surface area contributed by atoms with Gasteiger partial charge in [-0.05, 0) is 24.3 Å². The molecule has 4 heteroatoms. The number of nitrogens with zero attached hydrogens (tertiary/aromatic N) is 1. The van der Waals surface area contributed by atoms with Gasteiger partial charge in [0.25, 0.3) is 0 Å². The van der Waals surface area contributed by atoms with Crippen LogP contribution in [-0.4, -0.2) is 17.1 Å². The van der Waals surface area contributed by atoms with Crippen LogP contribution in [0.15, 0.2) is 42.6 Å². The number of fused-ring (bicyclic) bond motifs is 1. The molecular weight excluding hydrogens is 248 g/mol. The molecule has 0 saturated heterocycles. The standard InChI is InChI=1S/C14H11ClN2O/c1-18-13-5-3-2-4-10(13)11-6-9-7-14(15)16-8-12(9)17-11/h2-8,17H,1H3. The molecule has 0 spiro atoms. The van der Waals surface area contributed by atoms with Gasteiger partial charge in [0.1, 0.15) is 10.9 Å². The van der Waals surface area contributed by atoms with Gasteiger partial charge < -0.3 is 9.72 Å². The highest BCUT2D eigenvalue weighted by molar-refractivity contribution is 6.30. The summed E-state index contributed by atoms with van der Waals surface area (Å²) in [5, 5.41) is 1.53. The first-order valence-corrected chi connectivity index (χ1v) is 5.93. The van der Waals surface area contributed by atoms with Crippen molar-refractivity contribution >= 4 is 22.5 Å². The van der Waals surface area contributed by atoms with Gasteiger partial charge in [-0.3, -0.25) is 0 Å². The van der Waals surface area contributed by atoms with Gasteiger partial charge in [0.15, 0.2) is 0 Å². The summed E-state index contributed by atoms with van der Waals surface area (Å²) in [6.07, 6.45) is 1.73. The number of methoxy groups -OCH3 is 1. The SMILES string of the molecule is COc1ccccc1-c1cc2cc(Cl)ncc2[nH]1. The number of hydrogen-bond acceptors (Lipinski definition) is 2. The summed E-state index contributed by atoms with van der Waals surface area (Å²) >= 11 is 5.88. The van der Waals surface area contributed by atoms with E-state index in [1.807, 2.05) is 36.4 Å². The molecule has 0 radical (unpaired) electrons. The molecule has 3 nitrogen and oxygen atoms in total. The lowest BCUT2D eigenvalue weighted by Crippen LogP contribution is -1.86. The number of benzene rings is 1. The molecule has 90 valence electrons. The number of aromatic amines is 1. The normalized spacial score (nSPS) is 10.8. The fourth-order valence-electron chi connectivity index (χ4n) is 2.02. The van der Waals surface area contributed by atoms with Gasteiger partial charge in [0.2, 0.25) is 0 Å². The Labute approximate surface area is 109 Å². The van der Waals surface area contributed by atoms with E-state index in [1.54, 1.807) is 13.3 Å². The predicted molar refractivity (Wildman–Crippen MR) is 73.1 cm³/mol. The van der Waals surface area contributed by atoms with Gasteiger partial charge in [-0.15, -0.1) is 0 Å². The Morgan fingerprint density at radius 3 is 2.89 bits per heavy atom. The number of hydrogen-bond donors (Lipinski definition) is 1. The number of ether oxygens (including phenoxy) is 1. The van der Waals surface area contributed by atoms with Gasteiger partial charge in [-0.2, -0.15) is 0 Å². The maximum Gasteiger partial charge on any atom is 0.129 e. The van der Waals surface area contributed by atoms with Crippen LogP contribution in [0.5, 0.6) is 5.75 Å². The van der Waals surface area contributed by atoms with Gasteiger partial charge in [-0.25, -0.2) is 4.98 Å². The molecule has 0 unspecified atom stereocenters. The van der Waals surface area contributed by atoms with E-state index in [1.165, 1.54) is 0 Å². The highest BCUT2D eigenvalue weighted by Crippen LogP contribution is 2.31. The van der Waals surface area contributed by atoms with Crippen LogP contribution in [0.25, 0.3) is 22.2 Å². The smallest absolute Gasteiger partial charge is 0.129 e. The van der Waals surface area contributed by atoms with Crippen molar-refractivity contribution in [3.63, 3.8) is 0 Å². The Bertz CT molecular complexity index is 706. The first-order valence-electron chi connectivity index (χ1n) is 5.55. The van der Waals surface area contributed by atoms with Crippen LogP contribution in [0.3, 0.4) is 0 Å². The summed E-state index contributed by atoms with van der Waals surface area (Å²) in [6, 6.07) is 11.8. The Kier molecular flexibility index (Phi) is 2.68. The van der Waals surface area contributed by atoms with Gasteiger partial charge in [-0.1, -0.05) is 23.7 Å². The zero-order valence-electron chi connectivity index (χ0n) is 9.77. The minimum atomic E-state index is 0.494. The summed E-state index contributed by atoms with van der Waals surface area (Å²) in [6.45, 7) is 0. The van der Waals surface area contributed by atoms with Crippen molar-refractivity contribution in [3.8, 4) is 17.0 Å². The molecule has 0 amide bonds. The van der Waals surface area contributed by atoms with Crippen molar-refractivity contribution in [3.05, 3.63) is 47.7 Å². The summed E-state index contributed by atoms with van der Waals surface area (Å²) in [4.78, 5) is 7.37. The van der Waals surface area contributed by atoms with E-state index in [4.69, 9.17) is 16.3 Å². The van der Waals surface area contributed by atoms with Crippen molar-refractivity contribution in [2.45, 2.75) is 0 Å². The Balaban J connectivity index is 2.19. The number of H-pyrrole nitrogens is 1. The molecule has 3 rings (SSSR count). The monoisotopic (exact) mass is 258 g/mol. The van der Waals surface area contributed by atoms with E-state index >= 15 is 0 Å². The second-order valence-corrected chi connectivity index (χ2v) is 4.36. The van der Waals surface area contributed by atoms with Gasteiger partial charge in [0, 0.05) is 10.9 Å². The van der Waals surface area contributed by atoms with E-state index in [2.05, 4.69) is 9.97 Å². The molecule has 1 aromatic carbocycles. The number of aromatic nitrogens is 2. The minimum Gasteiger partial charge on any atom is -0.496 e. The molecule has 0 saturated carbocycles. The van der Waals surface area contributed by atoms with Gasteiger partial charge >= 0.3 is 0 Å². The van der Waals surface area contributed by atoms with E-state index in [0.29, 0.717) is 5.15 Å². The highest BCUT2D eigenvalue weighted by Gasteiger charge is 2.08. The Morgan fingerprint density at radius 1 is 1.22 bits per heavy atom. The largest absolute Gasteiger partial charge is 0.496 e. The molecule has 0 bridgehead atoms. The van der Waals surface area contributed by atoms with Crippen LogP contribution in [0, 0.1) is 0 Å². The topological polar surface area (TPSA) is 37.9 Å². The van der Waals surface area contributed by atoms with Crippen LogP contribution in [-0.2, 0) is 0 Å². The Hall–Kier alpha value is -2.00. The third-order valence-corrected chi connectivity index (χ3v) is 3.08. The molecule has 1 N–H and O–H groups in total. The molecule has 0 atom stereocenters. The summed E-state index contributed by atoms with van der Waals surface area (Å²) in [7, 11) is 1.67. The number of halogens is 1. The van der Waals surface area contributed by atoms with Crippen molar-refractivity contribution in [1.29, 1.82) is 0 Å². The van der Waals surface area contributed by atoms with Crippen molar-refractivity contribution in [1.82, 2.24) is 9.97 Å². The molecule has 18 heavy (non-hydrogen) atoms. The van der Waals surface area contributed by atoms with E-state index in [0.717, 1.165) is 27.9 Å². The average Bonchev–Trinajstić information content (AvgIpc) is 2.81. The molecule has 3 aromatic rings. The molecule has 0 aliphatic rings. The summed E-state index contributed by atoms with van der Waals surface area (Å²) < 4.78 is 5.36. The number of nitrogens with one attached hydrogen (secondary N) is 1. The lowest BCUT2D eigenvalue weighted by Gasteiger charge is -2.05. The molecular formula is C14H11ClN2O. The maximum atomic E-state index is 5.88. The zero-order chi connectivity index (χ0) is 12.5. The molecule has 0 aliphatic heterocycles. The van der Waals surface area contributed by atoms with E-state index in [9.17, 15) is 0 Å². The maximum absolute atomic E-state index is 5.88. The number of rotatable bonds is 2. The molecule has 2 heterocycles. The lowest BCUT2D eigenvalue weighted by atomic mass is 10.1. The first-order chi connectivity index (χ1) is 8.78. The third-order valence-electron chi connectivity index (χ3n) is 2.87. The van der Waals surface area contributed by atoms with Crippen LogP contribution < -0.4 is 4.74 Å². The predicted octanol–water partition coefficient (Wildman–Crippen LogP) is 3.89. The quantitative estimate of drug-likeness (QED) is 0.708. The zero-order valence-corrected chi connectivity index (χ0v) is 10.5. The van der Waals surface area contributed by atoms with E-state index < -0.39 is 0 Å². The summed E-state index contributed by atoms with van der Waals surface area (Å²) in [5.41, 5.74) is 2.97. The fourth-order valence-corrected chi connectivity index (χ4v) is 2.18.